The number of anilines is 3. The van der Waals surface area contributed by atoms with Gasteiger partial charge in [-0.15, -0.1) is 11.3 Å². The molecule has 0 fully saturated rings. The van der Waals surface area contributed by atoms with E-state index < -0.39 is 5.91 Å². The van der Waals surface area contributed by atoms with Crippen molar-refractivity contribution in [3.05, 3.63) is 28.9 Å². The van der Waals surface area contributed by atoms with Gasteiger partial charge in [-0.05, 0) is 19.1 Å². The number of nitrogen functional groups attached to an aromatic ring is 1. The molecule has 0 radical (unpaired) electrons. The van der Waals surface area contributed by atoms with Crippen LogP contribution in [0.4, 0.5) is 16.6 Å². The molecule has 0 saturated carbocycles. The van der Waals surface area contributed by atoms with Crippen molar-refractivity contribution in [2.75, 3.05) is 11.1 Å². The lowest BCUT2D eigenvalue weighted by Gasteiger charge is -2.06. The maximum Gasteiger partial charge on any atom is 0.267 e. The van der Waals surface area contributed by atoms with Crippen LogP contribution < -0.4 is 16.8 Å². The number of aryl methyl sites for hydroxylation is 1. The van der Waals surface area contributed by atoms with Crippen LogP contribution in [0, 0.1) is 6.92 Å². The number of pyridine rings is 1. The average molecular weight is 249 g/mol. The first-order valence-electron chi connectivity index (χ1n) is 4.82. The number of thiazole rings is 1. The molecule has 0 spiro atoms. The van der Waals surface area contributed by atoms with Crippen molar-refractivity contribution in [3.8, 4) is 0 Å². The first kappa shape index (κ1) is 11.3. The number of hydrogen-bond donors (Lipinski definition) is 3. The van der Waals surface area contributed by atoms with E-state index in [9.17, 15) is 4.79 Å². The minimum absolute atomic E-state index is 0.162. The van der Waals surface area contributed by atoms with Gasteiger partial charge in [0.15, 0.2) is 10.9 Å². The number of nitrogens with one attached hydrogen (secondary N) is 1. The largest absolute Gasteiger partial charge is 0.396 e. The lowest BCUT2D eigenvalue weighted by molar-refractivity contribution is 0.0996. The number of primary amides is 1. The third-order valence-corrected chi connectivity index (χ3v) is 2.85. The Balaban J connectivity index is 2.31. The van der Waals surface area contributed by atoms with Crippen LogP contribution in [0.25, 0.3) is 0 Å². The van der Waals surface area contributed by atoms with Crippen LogP contribution in [-0.4, -0.2) is 15.9 Å². The molecule has 17 heavy (non-hydrogen) atoms. The molecule has 2 aromatic heterocycles. The molecule has 2 aromatic rings. The van der Waals surface area contributed by atoms with Crippen LogP contribution in [0.1, 0.15) is 15.4 Å². The Morgan fingerprint density at radius 1 is 1.47 bits per heavy atom. The van der Waals surface area contributed by atoms with Crippen molar-refractivity contribution in [1.82, 2.24) is 9.97 Å². The van der Waals surface area contributed by atoms with Crippen LogP contribution >= 0.6 is 11.3 Å². The summed E-state index contributed by atoms with van der Waals surface area (Å²) in [6.07, 6.45) is 1.74. The van der Waals surface area contributed by atoms with E-state index in [1.165, 1.54) is 17.4 Å². The number of hydrogen-bond acceptors (Lipinski definition) is 6. The summed E-state index contributed by atoms with van der Waals surface area (Å²) in [7, 11) is 0. The maximum absolute atomic E-state index is 11.0. The first-order valence-corrected chi connectivity index (χ1v) is 5.63. The zero-order valence-corrected chi connectivity index (χ0v) is 9.91. The number of carbonyl (C=O) groups excluding carboxylic acids is 1. The van der Waals surface area contributed by atoms with Crippen LogP contribution in [-0.2, 0) is 0 Å². The third-order valence-electron chi connectivity index (χ3n) is 2.03. The average Bonchev–Trinajstić information content (AvgIpc) is 2.67. The van der Waals surface area contributed by atoms with E-state index in [4.69, 9.17) is 11.5 Å². The summed E-state index contributed by atoms with van der Waals surface area (Å²) in [5.74, 6) is -0.209. The van der Waals surface area contributed by atoms with Crippen molar-refractivity contribution >= 4 is 33.9 Å². The highest BCUT2D eigenvalue weighted by Crippen LogP contribution is 2.24. The van der Waals surface area contributed by atoms with Crippen molar-refractivity contribution < 1.29 is 4.79 Å². The second kappa shape index (κ2) is 4.38. The highest BCUT2D eigenvalue weighted by Gasteiger charge is 2.08. The minimum atomic E-state index is -0.594. The van der Waals surface area contributed by atoms with Gasteiger partial charge in [0.25, 0.3) is 5.91 Å². The molecule has 6 nitrogen and oxygen atoms in total. The van der Waals surface area contributed by atoms with E-state index in [1.54, 1.807) is 12.3 Å². The van der Waals surface area contributed by atoms with Crippen LogP contribution in [0.2, 0.25) is 0 Å². The van der Waals surface area contributed by atoms with Gasteiger partial charge in [-0.2, -0.15) is 0 Å². The van der Waals surface area contributed by atoms with Gasteiger partial charge in [-0.25, -0.2) is 9.97 Å². The Hall–Kier alpha value is -2.15. The zero-order valence-electron chi connectivity index (χ0n) is 9.10. The predicted molar refractivity (Wildman–Crippen MR) is 67.3 cm³/mol. The van der Waals surface area contributed by atoms with Gasteiger partial charge >= 0.3 is 0 Å². The van der Waals surface area contributed by atoms with Gasteiger partial charge in [0.1, 0.15) is 5.69 Å². The van der Waals surface area contributed by atoms with E-state index >= 15 is 0 Å². The van der Waals surface area contributed by atoms with Gasteiger partial charge < -0.3 is 16.8 Å². The Morgan fingerprint density at radius 2 is 2.24 bits per heavy atom. The second-order valence-electron chi connectivity index (χ2n) is 3.40. The van der Waals surface area contributed by atoms with Crippen molar-refractivity contribution in [1.29, 1.82) is 0 Å². The standard InChI is InChI=1S/C10H11N5OS/c1-5-4-13-10(17-5)15-9-6(11)2-3-7(14-9)8(12)16/h2-4H,11H2,1H3,(H2,12,16)(H,13,14,15). The summed E-state index contributed by atoms with van der Waals surface area (Å²) in [6.45, 7) is 1.94. The second-order valence-corrected chi connectivity index (χ2v) is 4.63. The van der Waals surface area contributed by atoms with E-state index in [0.29, 0.717) is 16.6 Å². The number of nitrogens with zero attached hydrogens (tertiary/aromatic N) is 2. The molecule has 0 atom stereocenters. The van der Waals surface area contributed by atoms with Gasteiger partial charge in [0.2, 0.25) is 0 Å². The summed E-state index contributed by atoms with van der Waals surface area (Å²) in [5.41, 5.74) is 11.5. The Morgan fingerprint density at radius 3 is 2.82 bits per heavy atom. The van der Waals surface area contributed by atoms with Crippen molar-refractivity contribution in [2.24, 2.45) is 5.73 Å². The molecule has 1 amide bonds. The lowest BCUT2D eigenvalue weighted by Crippen LogP contribution is -2.14. The molecule has 0 unspecified atom stereocenters. The summed E-state index contributed by atoms with van der Waals surface area (Å²) in [4.78, 5) is 20.2. The van der Waals surface area contributed by atoms with Crippen molar-refractivity contribution in [2.45, 2.75) is 6.92 Å². The first-order chi connectivity index (χ1) is 8.06. The highest BCUT2D eigenvalue weighted by molar-refractivity contribution is 7.15. The van der Waals surface area contributed by atoms with E-state index in [-0.39, 0.29) is 5.69 Å². The minimum Gasteiger partial charge on any atom is -0.396 e. The van der Waals surface area contributed by atoms with Crippen LogP contribution in [0.5, 0.6) is 0 Å². The fourth-order valence-electron chi connectivity index (χ4n) is 1.22. The zero-order chi connectivity index (χ0) is 12.4. The van der Waals surface area contributed by atoms with Gasteiger partial charge in [-0.3, -0.25) is 4.79 Å². The molecular formula is C10H11N5OS. The quantitative estimate of drug-likeness (QED) is 0.759. The topological polar surface area (TPSA) is 107 Å². The van der Waals surface area contributed by atoms with Gasteiger partial charge in [-0.1, -0.05) is 0 Å². The normalized spacial score (nSPS) is 10.2. The summed E-state index contributed by atoms with van der Waals surface area (Å²) < 4.78 is 0. The molecule has 0 aliphatic heterocycles. The van der Waals surface area contributed by atoms with E-state index in [2.05, 4.69) is 15.3 Å². The molecule has 88 valence electrons. The highest BCUT2D eigenvalue weighted by atomic mass is 32.1. The van der Waals surface area contributed by atoms with Crippen LogP contribution in [0.15, 0.2) is 18.3 Å². The summed E-state index contributed by atoms with van der Waals surface area (Å²) in [6, 6.07) is 3.06. The molecule has 7 heteroatoms. The molecular weight excluding hydrogens is 238 g/mol. The predicted octanol–water partition coefficient (Wildman–Crippen LogP) is 1.27. The third kappa shape index (κ3) is 2.51. The SMILES string of the molecule is Cc1cnc(Nc2nc(C(N)=O)ccc2N)s1. The maximum atomic E-state index is 11.0. The monoisotopic (exact) mass is 249 g/mol. The Kier molecular flexibility index (Phi) is 2.92. The molecule has 2 heterocycles. The van der Waals surface area contributed by atoms with E-state index in [0.717, 1.165) is 4.88 Å². The molecule has 2 rings (SSSR count). The number of aromatic nitrogens is 2. The summed E-state index contributed by atoms with van der Waals surface area (Å²) >= 11 is 1.47. The van der Waals surface area contributed by atoms with Gasteiger partial charge in [0, 0.05) is 11.1 Å². The number of rotatable bonds is 3. The van der Waals surface area contributed by atoms with E-state index in [1.807, 2.05) is 6.92 Å². The fourth-order valence-corrected chi connectivity index (χ4v) is 1.88. The number of nitrogens with two attached hydrogens (primary N) is 2. The molecule has 0 bridgehead atoms. The smallest absolute Gasteiger partial charge is 0.267 e. The Bertz CT molecular complexity index is 566. The molecule has 5 N–H and O–H groups in total. The molecule has 0 saturated heterocycles. The lowest BCUT2D eigenvalue weighted by atomic mass is 10.3. The number of carbonyl (C=O) groups is 1. The van der Waals surface area contributed by atoms with Gasteiger partial charge in [0.05, 0.1) is 5.69 Å². The Labute approximate surface area is 102 Å². The molecule has 0 aliphatic rings. The van der Waals surface area contributed by atoms with Crippen molar-refractivity contribution in [3.63, 3.8) is 0 Å². The molecule has 0 aliphatic carbocycles. The fraction of sp³-hybridized carbons (Fsp3) is 0.100. The van der Waals surface area contributed by atoms with Crippen LogP contribution in [0.3, 0.4) is 0 Å². The number of amides is 1. The summed E-state index contributed by atoms with van der Waals surface area (Å²) in [5, 5.41) is 3.62. The molecule has 0 aromatic carbocycles.